The lowest BCUT2D eigenvalue weighted by molar-refractivity contribution is -0.0529. The van der Waals surface area contributed by atoms with Gasteiger partial charge in [0.2, 0.25) is 5.88 Å². The monoisotopic (exact) mass is 277 g/mol. The first kappa shape index (κ1) is 10.5. The van der Waals surface area contributed by atoms with Crippen molar-refractivity contribution in [3.8, 4) is 5.88 Å². The van der Waals surface area contributed by atoms with Gasteiger partial charge in [-0.15, -0.1) is 0 Å². The number of hydrogen-bond donors (Lipinski definition) is 0. The summed E-state index contributed by atoms with van der Waals surface area (Å²) in [6.45, 7) is -2.90. The molecule has 1 aromatic rings. The molecule has 0 aliphatic heterocycles. The standard InChI is InChI=1S/C9H6BrF2NO2/c10-5-3-6-4(8(5)14)1-2-7(13-6)15-9(11)12/h1-2,5,9H,3H2/t5-/m1/s1. The van der Waals surface area contributed by atoms with E-state index in [1.54, 1.807) is 0 Å². The summed E-state index contributed by atoms with van der Waals surface area (Å²) in [5.41, 5.74) is 0.971. The van der Waals surface area contributed by atoms with Gasteiger partial charge in [0, 0.05) is 18.1 Å². The average molecular weight is 278 g/mol. The predicted molar refractivity (Wildman–Crippen MR) is 51.6 cm³/mol. The number of halogens is 3. The lowest BCUT2D eigenvalue weighted by Crippen LogP contribution is -2.06. The van der Waals surface area contributed by atoms with E-state index in [4.69, 9.17) is 0 Å². The normalized spacial score (nSPS) is 19.5. The molecule has 15 heavy (non-hydrogen) atoms. The largest absolute Gasteiger partial charge is 0.417 e. The SMILES string of the molecule is O=C1c2ccc(OC(F)F)nc2C[C@H]1Br. The molecule has 0 fully saturated rings. The minimum absolute atomic E-state index is 0.0684. The van der Waals surface area contributed by atoms with Gasteiger partial charge in [-0.05, 0) is 6.07 Å². The number of ketones is 1. The summed E-state index contributed by atoms with van der Waals surface area (Å²) in [6.07, 6.45) is 0.411. The number of hydrogen-bond acceptors (Lipinski definition) is 3. The summed E-state index contributed by atoms with van der Waals surface area (Å²) in [7, 11) is 0. The number of aromatic nitrogens is 1. The van der Waals surface area contributed by atoms with Gasteiger partial charge in [0.15, 0.2) is 5.78 Å². The summed E-state index contributed by atoms with van der Waals surface area (Å²) in [5, 5.41) is 0. The number of ether oxygens (including phenoxy) is 1. The fourth-order valence-electron chi connectivity index (χ4n) is 1.45. The van der Waals surface area contributed by atoms with Crippen LogP contribution in [0.5, 0.6) is 5.88 Å². The molecule has 0 spiro atoms. The van der Waals surface area contributed by atoms with Crippen LogP contribution in [0.2, 0.25) is 0 Å². The highest BCUT2D eigenvalue weighted by Crippen LogP contribution is 2.27. The summed E-state index contributed by atoms with van der Waals surface area (Å²) < 4.78 is 27.9. The molecule has 0 amide bonds. The van der Waals surface area contributed by atoms with Crippen LogP contribution in [0.25, 0.3) is 0 Å². The molecule has 1 atom stereocenters. The van der Waals surface area contributed by atoms with Crippen LogP contribution >= 0.6 is 15.9 Å². The number of rotatable bonds is 2. The molecule has 1 aliphatic carbocycles. The highest BCUT2D eigenvalue weighted by molar-refractivity contribution is 9.10. The summed E-state index contributed by atoms with van der Waals surface area (Å²) >= 11 is 3.18. The van der Waals surface area contributed by atoms with Gasteiger partial charge in [-0.25, -0.2) is 4.98 Å². The third kappa shape index (κ3) is 1.99. The van der Waals surface area contributed by atoms with E-state index < -0.39 is 6.61 Å². The highest BCUT2D eigenvalue weighted by atomic mass is 79.9. The number of carbonyl (C=O) groups excluding carboxylic acids is 1. The van der Waals surface area contributed by atoms with Crippen LogP contribution in [0, 0.1) is 0 Å². The van der Waals surface area contributed by atoms with Crippen molar-refractivity contribution in [3.05, 3.63) is 23.4 Å². The second-order valence-electron chi connectivity index (χ2n) is 3.06. The molecule has 0 aromatic carbocycles. The van der Waals surface area contributed by atoms with Crippen LogP contribution in [-0.2, 0) is 6.42 Å². The van der Waals surface area contributed by atoms with Crippen molar-refractivity contribution >= 4 is 21.7 Å². The quantitative estimate of drug-likeness (QED) is 0.778. The Labute approximate surface area is 92.6 Å². The Morgan fingerprint density at radius 1 is 1.53 bits per heavy atom. The van der Waals surface area contributed by atoms with Crippen molar-refractivity contribution in [2.75, 3.05) is 0 Å². The van der Waals surface area contributed by atoms with Gasteiger partial charge in [0.25, 0.3) is 0 Å². The average Bonchev–Trinajstić information content (AvgIpc) is 2.41. The topological polar surface area (TPSA) is 39.2 Å². The van der Waals surface area contributed by atoms with Crippen molar-refractivity contribution in [2.45, 2.75) is 17.9 Å². The zero-order valence-corrected chi connectivity index (χ0v) is 9.00. The van der Waals surface area contributed by atoms with Crippen molar-refractivity contribution in [1.82, 2.24) is 4.98 Å². The lowest BCUT2D eigenvalue weighted by atomic mass is 10.2. The first-order chi connectivity index (χ1) is 7.08. The van der Waals surface area contributed by atoms with E-state index in [9.17, 15) is 13.6 Å². The van der Waals surface area contributed by atoms with Gasteiger partial charge in [0.05, 0.1) is 10.5 Å². The molecule has 0 unspecified atom stereocenters. The number of Topliss-reactive ketones (excluding diaryl/α,β-unsaturated/α-hetero) is 1. The molecule has 1 heterocycles. The molecule has 0 bridgehead atoms. The minimum atomic E-state index is -2.90. The van der Waals surface area contributed by atoms with Gasteiger partial charge in [-0.2, -0.15) is 8.78 Å². The predicted octanol–water partition coefficient (Wildman–Crippen LogP) is 2.19. The Hall–Kier alpha value is -1.04. The van der Waals surface area contributed by atoms with Crippen LogP contribution < -0.4 is 4.74 Å². The molecule has 0 N–H and O–H groups in total. The van der Waals surface area contributed by atoms with Gasteiger partial charge in [-0.3, -0.25) is 4.79 Å². The maximum atomic E-state index is 11.9. The van der Waals surface area contributed by atoms with E-state index in [0.29, 0.717) is 17.7 Å². The molecule has 0 radical (unpaired) electrons. The Morgan fingerprint density at radius 2 is 2.27 bits per heavy atom. The Balaban J connectivity index is 2.29. The molecule has 3 nitrogen and oxygen atoms in total. The Bertz CT molecular complexity index is 411. The number of nitrogens with zero attached hydrogens (tertiary/aromatic N) is 1. The van der Waals surface area contributed by atoms with Gasteiger partial charge >= 0.3 is 6.61 Å². The minimum Gasteiger partial charge on any atom is -0.417 e. The zero-order chi connectivity index (χ0) is 11.0. The summed E-state index contributed by atoms with van der Waals surface area (Å²) in [6, 6.07) is 2.73. The Morgan fingerprint density at radius 3 is 2.93 bits per heavy atom. The van der Waals surface area contributed by atoms with Crippen molar-refractivity contribution in [1.29, 1.82) is 0 Å². The molecule has 1 aliphatic rings. The molecule has 1 aromatic heterocycles. The first-order valence-electron chi connectivity index (χ1n) is 4.21. The molecule has 0 saturated heterocycles. The van der Waals surface area contributed by atoms with Crippen LogP contribution in [0.1, 0.15) is 16.1 Å². The van der Waals surface area contributed by atoms with Gasteiger partial charge < -0.3 is 4.74 Å². The van der Waals surface area contributed by atoms with Gasteiger partial charge in [0.1, 0.15) is 0 Å². The van der Waals surface area contributed by atoms with E-state index >= 15 is 0 Å². The molecule has 2 rings (SSSR count). The number of alkyl halides is 3. The van der Waals surface area contributed by atoms with E-state index in [2.05, 4.69) is 25.7 Å². The summed E-state index contributed by atoms with van der Waals surface area (Å²) in [4.78, 5) is 15.0. The third-order valence-corrected chi connectivity index (χ3v) is 2.82. The van der Waals surface area contributed by atoms with E-state index in [0.717, 1.165) is 0 Å². The molecule has 0 saturated carbocycles. The fraction of sp³-hybridized carbons (Fsp3) is 0.333. The molecular weight excluding hydrogens is 272 g/mol. The second kappa shape index (κ2) is 3.84. The molecule has 6 heteroatoms. The third-order valence-electron chi connectivity index (χ3n) is 2.08. The van der Waals surface area contributed by atoms with Crippen LogP contribution in [0.3, 0.4) is 0 Å². The Kier molecular flexibility index (Phi) is 2.68. The maximum absolute atomic E-state index is 11.9. The molecule has 80 valence electrons. The number of carbonyl (C=O) groups is 1. The molecular formula is C9H6BrF2NO2. The van der Waals surface area contributed by atoms with Crippen molar-refractivity contribution in [3.63, 3.8) is 0 Å². The summed E-state index contributed by atoms with van der Waals surface area (Å²) in [5.74, 6) is -0.223. The maximum Gasteiger partial charge on any atom is 0.388 e. The number of pyridine rings is 1. The highest BCUT2D eigenvalue weighted by Gasteiger charge is 2.29. The van der Waals surface area contributed by atoms with Crippen molar-refractivity contribution in [2.24, 2.45) is 0 Å². The van der Waals surface area contributed by atoms with E-state index in [1.165, 1.54) is 12.1 Å². The van der Waals surface area contributed by atoms with Crippen LogP contribution in [-0.4, -0.2) is 22.2 Å². The number of fused-ring (bicyclic) bond motifs is 1. The van der Waals surface area contributed by atoms with E-state index in [-0.39, 0.29) is 16.5 Å². The first-order valence-corrected chi connectivity index (χ1v) is 5.12. The zero-order valence-electron chi connectivity index (χ0n) is 7.41. The van der Waals surface area contributed by atoms with Gasteiger partial charge in [-0.1, -0.05) is 15.9 Å². The second-order valence-corrected chi connectivity index (χ2v) is 4.16. The fourth-order valence-corrected chi connectivity index (χ4v) is 2.00. The van der Waals surface area contributed by atoms with Crippen LogP contribution in [0.4, 0.5) is 8.78 Å². The van der Waals surface area contributed by atoms with Crippen molar-refractivity contribution < 1.29 is 18.3 Å². The lowest BCUT2D eigenvalue weighted by Gasteiger charge is -2.04. The smallest absolute Gasteiger partial charge is 0.388 e. The van der Waals surface area contributed by atoms with Crippen LogP contribution in [0.15, 0.2) is 12.1 Å². The van der Waals surface area contributed by atoms with E-state index in [1.807, 2.05) is 0 Å².